The van der Waals surface area contributed by atoms with E-state index in [-0.39, 0.29) is 0 Å². The number of hydrogen-bond donors (Lipinski definition) is 1. The normalized spacial score (nSPS) is 16.4. The molecule has 1 unspecified atom stereocenters. The molecule has 1 rings (SSSR count). The summed E-state index contributed by atoms with van der Waals surface area (Å²) in [7, 11) is 0. The van der Waals surface area contributed by atoms with Crippen LogP contribution in [0.5, 0.6) is 0 Å². The molecular weight excluding hydrogens is 348 g/mol. The van der Waals surface area contributed by atoms with E-state index in [9.17, 15) is 14.4 Å². The number of alkyl carbamates (subject to hydrolysis) is 1. The van der Waals surface area contributed by atoms with Gasteiger partial charge in [-0.1, -0.05) is 51.9 Å². The minimum Gasteiger partial charge on any atom is -0.464 e. The Labute approximate surface area is 163 Å². The molecule has 0 aromatic carbocycles. The van der Waals surface area contributed by atoms with E-state index in [0.29, 0.717) is 19.6 Å². The Morgan fingerprint density at radius 2 is 1.59 bits per heavy atom. The van der Waals surface area contributed by atoms with Crippen LogP contribution < -0.4 is 5.32 Å². The van der Waals surface area contributed by atoms with E-state index in [4.69, 9.17) is 9.47 Å². The zero-order valence-electron chi connectivity index (χ0n) is 17.3. The van der Waals surface area contributed by atoms with Gasteiger partial charge in [0, 0.05) is 6.54 Å². The van der Waals surface area contributed by atoms with Crippen LogP contribution in [0.15, 0.2) is 0 Å². The van der Waals surface area contributed by atoms with Crippen LogP contribution in [-0.2, 0) is 14.3 Å². The Morgan fingerprint density at radius 1 is 1.00 bits per heavy atom. The molecule has 0 bridgehead atoms. The van der Waals surface area contributed by atoms with Gasteiger partial charge in [-0.2, -0.15) is 0 Å². The highest BCUT2D eigenvalue weighted by Gasteiger charge is 2.39. The standard InChI is InChI=1S/C20H36N2O5/c1-5-6-7-8-9-10-11-12-15-26-17(23)16-13-14-22(16)18(24)21-19(25)27-20(2,3)4/h16H,5-15H2,1-4H3,(H,21,24,25). The molecule has 156 valence electrons. The van der Waals surface area contributed by atoms with Gasteiger partial charge in [0.1, 0.15) is 11.6 Å². The summed E-state index contributed by atoms with van der Waals surface area (Å²) >= 11 is 0. The Hall–Kier alpha value is -1.79. The SMILES string of the molecule is CCCCCCCCCCOC(=O)C1CCN1C(=O)NC(=O)OC(C)(C)C. The molecule has 1 fully saturated rings. The molecule has 27 heavy (non-hydrogen) atoms. The lowest BCUT2D eigenvalue weighted by Gasteiger charge is -2.38. The van der Waals surface area contributed by atoms with Crippen molar-refractivity contribution in [2.75, 3.05) is 13.2 Å². The first-order valence-corrected chi connectivity index (χ1v) is 10.2. The molecule has 0 radical (unpaired) electrons. The highest BCUT2D eigenvalue weighted by molar-refractivity contribution is 5.94. The number of rotatable bonds is 10. The summed E-state index contributed by atoms with van der Waals surface area (Å²) in [6.45, 7) is 8.15. The lowest BCUT2D eigenvalue weighted by molar-refractivity contribution is -0.153. The summed E-state index contributed by atoms with van der Waals surface area (Å²) < 4.78 is 10.3. The molecule has 0 saturated carbocycles. The summed E-state index contributed by atoms with van der Waals surface area (Å²) in [6, 6.07) is -1.23. The van der Waals surface area contributed by atoms with Crippen molar-refractivity contribution >= 4 is 18.1 Å². The molecule has 1 N–H and O–H groups in total. The number of urea groups is 1. The first kappa shape index (κ1) is 23.2. The maximum Gasteiger partial charge on any atom is 0.415 e. The van der Waals surface area contributed by atoms with Crippen LogP contribution >= 0.6 is 0 Å². The Kier molecular flexibility index (Phi) is 10.2. The summed E-state index contributed by atoms with van der Waals surface area (Å²) in [5, 5.41) is 2.15. The van der Waals surface area contributed by atoms with Crippen molar-refractivity contribution in [3.05, 3.63) is 0 Å². The fourth-order valence-corrected chi connectivity index (χ4v) is 2.84. The topological polar surface area (TPSA) is 84.9 Å². The molecule has 0 aromatic rings. The van der Waals surface area contributed by atoms with Gasteiger partial charge in [-0.3, -0.25) is 0 Å². The van der Waals surface area contributed by atoms with Gasteiger partial charge in [0.05, 0.1) is 6.61 Å². The van der Waals surface area contributed by atoms with Crippen molar-refractivity contribution in [2.45, 2.75) is 97.1 Å². The van der Waals surface area contributed by atoms with Crippen LogP contribution in [0.25, 0.3) is 0 Å². The second kappa shape index (κ2) is 11.8. The fourth-order valence-electron chi connectivity index (χ4n) is 2.84. The van der Waals surface area contributed by atoms with Crippen molar-refractivity contribution in [1.82, 2.24) is 10.2 Å². The average Bonchev–Trinajstić information content (AvgIpc) is 2.50. The van der Waals surface area contributed by atoms with Gasteiger partial charge in [0.15, 0.2) is 0 Å². The summed E-state index contributed by atoms with van der Waals surface area (Å²) in [5.74, 6) is -0.400. The summed E-state index contributed by atoms with van der Waals surface area (Å²) in [5.41, 5.74) is -0.687. The first-order chi connectivity index (χ1) is 12.7. The molecule has 7 nitrogen and oxygen atoms in total. The van der Waals surface area contributed by atoms with Crippen LogP contribution in [0.4, 0.5) is 9.59 Å². The van der Waals surface area contributed by atoms with E-state index in [1.165, 1.54) is 37.0 Å². The molecule has 0 aromatic heterocycles. The van der Waals surface area contributed by atoms with Crippen molar-refractivity contribution in [2.24, 2.45) is 0 Å². The van der Waals surface area contributed by atoms with Crippen LogP contribution in [0.3, 0.4) is 0 Å². The van der Waals surface area contributed by atoms with E-state index in [0.717, 1.165) is 19.3 Å². The van der Waals surface area contributed by atoms with E-state index < -0.39 is 29.7 Å². The third-order valence-corrected chi connectivity index (χ3v) is 4.40. The zero-order chi connectivity index (χ0) is 20.3. The number of hydrogen-bond acceptors (Lipinski definition) is 5. The molecular formula is C20H36N2O5. The minimum absolute atomic E-state index is 0.381. The number of amides is 3. The average molecular weight is 385 g/mol. The van der Waals surface area contributed by atoms with E-state index in [1.54, 1.807) is 20.8 Å². The first-order valence-electron chi connectivity index (χ1n) is 10.2. The fraction of sp³-hybridized carbons (Fsp3) is 0.850. The molecule has 0 spiro atoms. The van der Waals surface area contributed by atoms with Crippen LogP contribution in [0.1, 0.15) is 85.5 Å². The Balaban J connectivity index is 2.17. The van der Waals surface area contributed by atoms with Crippen LogP contribution in [0, 0.1) is 0 Å². The number of unbranched alkanes of at least 4 members (excludes halogenated alkanes) is 7. The quantitative estimate of drug-likeness (QED) is 0.446. The Morgan fingerprint density at radius 3 is 2.11 bits per heavy atom. The Bertz CT molecular complexity index is 487. The van der Waals surface area contributed by atoms with E-state index in [2.05, 4.69) is 12.2 Å². The monoisotopic (exact) mass is 384 g/mol. The number of ether oxygens (including phenoxy) is 2. The third-order valence-electron chi connectivity index (χ3n) is 4.40. The summed E-state index contributed by atoms with van der Waals surface area (Å²) in [6.07, 6.45) is 9.16. The molecule has 0 aliphatic carbocycles. The predicted molar refractivity (Wildman–Crippen MR) is 103 cm³/mol. The number of carbonyl (C=O) groups is 3. The number of nitrogens with zero attached hydrogens (tertiary/aromatic N) is 1. The largest absolute Gasteiger partial charge is 0.464 e. The van der Waals surface area contributed by atoms with Crippen LogP contribution in [-0.4, -0.2) is 47.8 Å². The number of nitrogens with one attached hydrogen (secondary N) is 1. The van der Waals surface area contributed by atoms with Gasteiger partial charge in [-0.15, -0.1) is 0 Å². The van der Waals surface area contributed by atoms with Gasteiger partial charge in [-0.25, -0.2) is 19.7 Å². The van der Waals surface area contributed by atoms with Gasteiger partial charge < -0.3 is 14.4 Å². The summed E-state index contributed by atoms with van der Waals surface area (Å²) in [4.78, 5) is 37.1. The van der Waals surface area contributed by atoms with Crippen molar-refractivity contribution < 1.29 is 23.9 Å². The second-order valence-electron chi connectivity index (χ2n) is 8.07. The smallest absolute Gasteiger partial charge is 0.415 e. The van der Waals surface area contributed by atoms with Gasteiger partial charge >= 0.3 is 18.1 Å². The zero-order valence-corrected chi connectivity index (χ0v) is 17.3. The van der Waals surface area contributed by atoms with Gasteiger partial charge in [-0.05, 0) is 33.6 Å². The number of esters is 1. The van der Waals surface area contributed by atoms with Gasteiger partial charge in [0.2, 0.25) is 0 Å². The number of imide groups is 1. The number of carbonyl (C=O) groups excluding carboxylic acids is 3. The second-order valence-corrected chi connectivity index (χ2v) is 8.07. The predicted octanol–water partition coefficient (Wildman–Crippen LogP) is 4.39. The van der Waals surface area contributed by atoms with E-state index >= 15 is 0 Å². The van der Waals surface area contributed by atoms with Crippen molar-refractivity contribution in [3.8, 4) is 0 Å². The minimum atomic E-state index is -0.814. The lowest BCUT2D eigenvalue weighted by atomic mass is 10.0. The molecule has 1 saturated heterocycles. The molecule has 1 atom stereocenters. The van der Waals surface area contributed by atoms with E-state index in [1.807, 2.05) is 0 Å². The molecule has 1 aliphatic heterocycles. The number of likely N-dealkylation sites (tertiary alicyclic amines) is 1. The lowest BCUT2D eigenvalue weighted by Crippen LogP contribution is -2.59. The third kappa shape index (κ3) is 9.63. The molecule has 1 heterocycles. The van der Waals surface area contributed by atoms with Crippen LogP contribution in [0.2, 0.25) is 0 Å². The van der Waals surface area contributed by atoms with Crippen molar-refractivity contribution in [1.29, 1.82) is 0 Å². The maximum atomic E-state index is 12.1. The maximum absolute atomic E-state index is 12.1. The molecule has 1 aliphatic rings. The molecule has 3 amide bonds. The van der Waals surface area contributed by atoms with Gasteiger partial charge in [0.25, 0.3) is 0 Å². The highest BCUT2D eigenvalue weighted by Crippen LogP contribution is 2.19. The molecule has 7 heteroatoms. The highest BCUT2D eigenvalue weighted by atomic mass is 16.6. The van der Waals surface area contributed by atoms with Crippen molar-refractivity contribution in [3.63, 3.8) is 0 Å².